The summed E-state index contributed by atoms with van der Waals surface area (Å²) in [4.78, 5) is 24.9. The molecule has 0 aliphatic heterocycles. The molecule has 0 unspecified atom stereocenters. The van der Waals surface area contributed by atoms with Crippen molar-refractivity contribution in [2.75, 3.05) is 24.4 Å². The number of nitrogens with one attached hydrogen (secondary N) is 2. The average Bonchev–Trinajstić information content (AvgIpc) is 3.25. The van der Waals surface area contributed by atoms with Crippen LogP contribution in [-0.2, 0) is 4.79 Å². The van der Waals surface area contributed by atoms with Gasteiger partial charge in [0, 0.05) is 22.2 Å². The molecule has 3 aromatic carbocycles. The van der Waals surface area contributed by atoms with E-state index in [0.29, 0.717) is 33.5 Å². The number of carbonyl (C=O) groups is 2. The molecular formula is C25H21ClN2O5. The van der Waals surface area contributed by atoms with Crippen molar-refractivity contribution in [3.05, 3.63) is 83.1 Å². The molecular weight excluding hydrogens is 444 g/mol. The van der Waals surface area contributed by atoms with E-state index in [4.69, 9.17) is 25.5 Å². The van der Waals surface area contributed by atoms with Crippen molar-refractivity contribution < 1.29 is 23.5 Å². The lowest BCUT2D eigenvalue weighted by Gasteiger charge is -2.12. The Morgan fingerprint density at radius 3 is 2.58 bits per heavy atom. The summed E-state index contributed by atoms with van der Waals surface area (Å²) < 4.78 is 16.5. The molecule has 0 fully saturated rings. The highest BCUT2D eigenvalue weighted by atomic mass is 35.5. The maximum Gasteiger partial charge on any atom is 0.291 e. The molecule has 0 radical (unpaired) electrons. The molecule has 0 bridgehead atoms. The minimum Gasteiger partial charge on any atom is -0.494 e. The van der Waals surface area contributed by atoms with Crippen LogP contribution in [0.1, 0.15) is 16.1 Å². The molecule has 1 heterocycles. The van der Waals surface area contributed by atoms with Crippen LogP contribution in [-0.4, -0.2) is 25.5 Å². The lowest BCUT2D eigenvalue weighted by atomic mass is 10.2. The van der Waals surface area contributed by atoms with Crippen LogP contribution in [0.4, 0.5) is 11.4 Å². The van der Waals surface area contributed by atoms with Crippen molar-refractivity contribution in [3.8, 4) is 11.5 Å². The van der Waals surface area contributed by atoms with E-state index in [9.17, 15) is 9.59 Å². The van der Waals surface area contributed by atoms with Crippen molar-refractivity contribution in [2.45, 2.75) is 6.92 Å². The minimum absolute atomic E-state index is 0.184. The third kappa shape index (κ3) is 5.27. The molecule has 0 aliphatic rings. The Hall–Kier alpha value is -3.97. The normalized spacial score (nSPS) is 10.6. The highest BCUT2D eigenvalue weighted by Gasteiger charge is 2.15. The van der Waals surface area contributed by atoms with E-state index in [1.54, 1.807) is 42.5 Å². The number of halogens is 1. The summed E-state index contributed by atoms with van der Waals surface area (Å²) in [7, 11) is 1.47. The van der Waals surface area contributed by atoms with Crippen molar-refractivity contribution in [2.24, 2.45) is 0 Å². The highest BCUT2D eigenvalue weighted by molar-refractivity contribution is 6.31. The quantitative estimate of drug-likeness (QED) is 0.367. The first kappa shape index (κ1) is 22.2. The summed E-state index contributed by atoms with van der Waals surface area (Å²) in [5, 5.41) is 6.91. The van der Waals surface area contributed by atoms with Gasteiger partial charge < -0.3 is 24.5 Å². The zero-order chi connectivity index (χ0) is 23.4. The number of anilines is 2. The summed E-state index contributed by atoms with van der Waals surface area (Å²) in [6.45, 7) is 1.70. The molecule has 0 saturated carbocycles. The van der Waals surface area contributed by atoms with Crippen LogP contribution in [0.5, 0.6) is 11.5 Å². The highest BCUT2D eigenvalue weighted by Crippen LogP contribution is 2.29. The summed E-state index contributed by atoms with van der Waals surface area (Å²) in [6.07, 6.45) is 0. The fourth-order valence-corrected chi connectivity index (χ4v) is 3.33. The molecule has 4 aromatic rings. The fraction of sp³-hybridized carbons (Fsp3) is 0.120. The van der Waals surface area contributed by atoms with Gasteiger partial charge in [0.05, 0.1) is 12.8 Å². The van der Waals surface area contributed by atoms with Crippen molar-refractivity contribution in [1.29, 1.82) is 0 Å². The molecule has 4 rings (SSSR count). The van der Waals surface area contributed by atoms with Gasteiger partial charge in [0.25, 0.3) is 11.8 Å². The van der Waals surface area contributed by atoms with E-state index < -0.39 is 5.91 Å². The Morgan fingerprint density at radius 2 is 1.82 bits per heavy atom. The van der Waals surface area contributed by atoms with E-state index >= 15 is 0 Å². The topological polar surface area (TPSA) is 89.8 Å². The third-order valence-corrected chi connectivity index (χ3v) is 5.30. The largest absolute Gasteiger partial charge is 0.494 e. The number of aryl methyl sites for hydroxylation is 1. The van der Waals surface area contributed by atoms with Gasteiger partial charge in [0.1, 0.15) is 17.1 Å². The molecule has 0 atom stereocenters. The average molecular weight is 465 g/mol. The van der Waals surface area contributed by atoms with Crippen LogP contribution in [0.15, 0.2) is 71.1 Å². The first-order valence-electron chi connectivity index (χ1n) is 10.1. The molecule has 7 nitrogen and oxygen atoms in total. The minimum atomic E-state index is -0.411. The van der Waals surface area contributed by atoms with Crippen LogP contribution in [0.3, 0.4) is 0 Å². The number of ether oxygens (including phenoxy) is 2. The van der Waals surface area contributed by atoms with E-state index in [-0.39, 0.29) is 18.3 Å². The Bertz CT molecular complexity index is 1300. The van der Waals surface area contributed by atoms with Crippen LogP contribution in [0.2, 0.25) is 5.02 Å². The predicted octanol–water partition coefficient (Wildman–Crippen LogP) is 5.67. The second kappa shape index (κ2) is 9.67. The second-order valence-electron chi connectivity index (χ2n) is 7.27. The number of furan rings is 1. The molecule has 1 aromatic heterocycles. The molecule has 0 spiro atoms. The number of methoxy groups -OCH3 is 1. The lowest BCUT2D eigenvalue weighted by Crippen LogP contribution is -2.20. The second-order valence-corrected chi connectivity index (χ2v) is 7.67. The maximum absolute atomic E-state index is 12.6. The molecule has 168 valence electrons. The number of benzene rings is 3. The number of carbonyl (C=O) groups excluding carboxylic acids is 2. The summed E-state index contributed by atoms with van der Waals surface area (Å²) >= 11 is 6.07. The van der Waals surface area contributed by atoms with Gasteiger partial charge in [-0.3, -0.25) is 9.59 Å². The van der Waals surface area contributed by atoms with E-state index in [2.05, 4.69) is 10.6 Å². The van der Waals surface area contributed by atoms with Crippen LogP contribution in [0, 0.1) is 6.92 Å². The van der Waals surface area contributed by atoms with Gasteiger partial charge in [-0.2, -0.15) is 0 Å². The monoisotopic (exact) mass is 464 g/mol. The maximum atomic E-state index is 12.6. The molecule has 2 amide bonds. The molecule has 8 heteroatoms. The van der Waals surface area contributed by atoms with Crippen molar-refractivity contribution >= 4 is 45.8 Å². The standard InChI is InChI=1S/C25H21ClN2O5/c1-15-7-9-18(13-19(15)26)32-14-24(29)27-17-8-10-20(22(12-17)31-2)28-25(30)23-11-16-5-3-4-6-21(16)33-23/h3-13H,14H2,1-2H3,(H,27,29)(H,28,30). The van der Waals surface area contributed by atoms with Crippen molar-refractivity contribution in [1.82, 2.24) is 0 Å². The number of para-hydroxylation sites is 1. The van der Waals surface area contributed by atoms with Gasteiger partial charge in [-0.1, -0.05) is 35.9 Å². The number of hydrogen-bond acceptors (Lipinski definition) is 5. The zero-order valence-electron chi connectivity index (χ0n) is 18.0. The Balaban J connectivity index is 1.39. The molecule has 0 aliphatic carbocycles. The molecule has 0 saturated heterocycles. The van der Waals surface area contributed by atoms with Crippen molar-refractivity contribution in [3.63, 3.8) is 0 Å². The van der Waals surface area contributed by atoms with Gasteiger partial charge in [0.2, 0.25) is 0 Å². The SMILES string of the molecule is COc1cc(NC(=O)COc2ccc(C)c(Cl)c2)ccc1NC(=O)c1cc2ccccc2o1. The van der Waals surface area contributed by atoms with Gasteiger partial charge in [0.15, 0.2) is 12.4 Å². The Morgan fingerprint density at radius 1 is 1.00 bits per heavy atom. The van der Waals surface area contributed by atoms with Gasteiger partial charge in [-0.15, -0.1) is 0 Å². The summed E-state index contributed by atoms with van der Waals surface area (Å²) in [5.41, 5.74) is 2.48. The number of fused-ring (bicyclic) bond motifs is 1. The van der Waals surface area contributed by atoms with Crippen LogP contribution >= 0.6 is 11.6 Å². The van der Waals surface area contributed by atoms with Crippen LogP contribution < -0.4 is 20.1 Å². The van der Waals surface area contributed by atoms with E-state index in [1.165, 1.54) is 7.11 Å². The van der Waals surface area contributed by atoms with Gasteiger partial charge in [-0.25, -0.2) is 0 Å². The predicted molar refractivity (Wildman–Crippen MR) is 127 cm³/mol. The summed E-state index contributed by atoms with van der Waals surface area (Å²) in [6, 6.07) is 19.2. The van der Waals surface area contributed by atoms with Gasteiger partial charge >= 0.3 is 0 Å². The molecule has 2 N–H and O–H groups in total. The zero-order valence-corrected chi connectivity index (χ0v) is 18.7. The fourth-order valence-electron chi connectivity index (χ4n) is 3.16. The smallest absolute Gasteiger partial charge is 0.291 e. The molecule has 33 heavy (non-hydrogen) atoms. The lowest BCUT2D eigenvalue weighted by molar-refractivity contribution is -0.118. The van der Waals surface area contributed by atoms with E-state index in [1.807, 2.05) is 31.2 Å². The Kier molecular flexibility index (Phi) is 6.51. The summed E-state index contributed by atoms with van der Waals surface area (Å²) in [5.74, 6) is 0.300. The third-order valence-electron chi connectivity index (χ3n) is 4.90. The number of rotatable bonds is 7. The number of amides is 2. The van der Waals surface area contributed by atoms with E-state index in [0.717, 1.165) is 10.9 Å². The van der Waals surface area contributed by atoms with Gasteiger partial charge in [-0.05, 0) is 48.9 Å². The Labute approximate surface area is 195 Å². The first-order valence-corrected chi connectivity index (χ1v) is 10.5. The first-order chi connectivity index (χ1) is 15.9. The van der Waals surface area contributed by atoms with Crippen LogP contribution in [0.25, 0.3) is 11.0 Å². The number of hydrogen-bond donors (Lipinski definition) is 2.